The third kappa shape index (κ3) is 3.53. The smallest absolute Gasteiger partial charge is 0.250 e. The van der Waals surface area contributed by atoms with Crippen molar-refractivity contribution in [3.63, 3.8) is 0 Å². The van der Waals surface area contributed by atoms with Crippen LogP contribution in [0.25, 0.3) is 0 Å². The third-order valence-corrected chi connectivity index (χ3v) is 4.48. The number of aromatic nitrogens is 1. The molecule has 0 radical (unpaired) electrons. The van der Waals surface area contributed by atoms with Crippen LogP contribution in [0, 0.1) is 11.3 Å². The van der Waals surface area contributed by atoms with Crippen LogP contribution >= 0.6 is 0 Å². The molecular weight excluding hydrogens is 266 g/mol. The predicted molar refractivity (Wildman–Crippen MR) is 84.4 cm³/mol. The highest BCUT2D eigenvalue weighted by Gasteiger charge is 2.37. The van der Waals surface area contributed by atoms with E-state index in [-0.39, 0.29) is 11.5 Å². The number of hydrogen-bond donors (Lipinski definition) is 2. The van der Waals surface area contributed by atoms with Crippen LogP contribution in [0.3, 0.4) is 0 Å². The number of piperidine rings is 1. The van der Waals surface area contributed by atoms with E-state index < -0.39 is 5.41 Å². The van der Waals surface area contributed by atoms with Crippen molar-refractivity contribution in [2.75, 3.05) is 18.4 Å². The van der Waals surface area contributed by atoms with Crippen molar-refractivity contribution in [2.45, 2.75) is 40.2 Å². The number of pyridine rings is 1. The molecule has 1 aliphatic rings. The Kier molecular flexibility index (Phi) is 4.83. The van der Waals surface area contributed by atoms with Crippen molar-refractivity contribution in [3.8, 4) is 0 Å². The molecule has 0 spiro atoms. The van der Waals surface area contributed by atoms with Crippen LogP contribution in [0.5, 0.6) is 0 Å². The molecule has 0 aliphatic carbocycles. The van der Waals surface area contributed by atoms with Crippen LogP contribution in [0.4, 0.5) is 5.69 Å². The molecule has 5 nitrogen and oxygen atoms in total. The molecule has 1 saturated heterocycles. The summed E-state index contributed by atoms with van der Waals surface area (Å²) in [5, 5.41) is 6.31. The molecular formula is C16H25N3O2. The second kappa shape index (κ2) is 6.43. The summed E-state index contributed by atoms with van der Waals surface area (Å²) in [6.45, 7) is 8.42. The fourth-order valence-electron chi connectivity index (χ4n) is 2.80. The van der Waals surface area contributed by atoms with Gasteiger partial charge in [-0.2, -0.15) is 0 Å². The van der Waals surface area contributed by atoms with Gasteiger partial charge in [0.1, 0.15) is 0 Å². The van der Waals surface area contributed by atoms with Gasteiger partial charge in [0.25, 0.3) is 5.56 Å². The number of nitrogens with zero attached hydrogens (tertiary/aromatic N) is 1. The molecule has 1 aromatic heterocycles. The molecule has 2 rings (SSSR count). The SMILES string of the molecule is CCn1cc(NC(=O)C(C)(C)C2CCCNC2)ccc1=O. The molecule has 2 heterocycles. The zero-order valence-corrected chi connectivity index (χ0v) is 13.1. The van der Waals surface area contributed by atoms with Gasteiger partial charge in [0.15, 0.2) is 0 Å². The van der Waals surface area contributed by atoms with E-state index in [2.05, 4.69) is 10.6 Å². The van der Waals surface area contributed by atoms with E-state index in [4.69, 9.17) is 0 Å². The van der Waals surface area contributed by atoms with Crippen molar-refractivity contribution in [1.82, 2.24) is 9.88 Å². The van der Waals surface area contributed by atoms with E-state index in [0.717, 1.165) is 25.9 Å². The molecule has 1 fully saturated rings. The second-order valence-electron chi connectivity index (χ2n) is 6.26. The van der Waals surface area contributed by atoms with E-state index in [1.165, 1.54) is 6.07 Å². The lowest BCUT2D eigenvalue weighted by molar-refractivity contribution is -0.127. The maximum absolute atomic E-state index is 12.6. The number of amides is 1. The maximum atomic E-state index is 12.6. The molecule has 0 aromatic carbocycles. The Morgan fingerprint density at radius 1 is 1.48 bits per heavy atom. The molecule has 1 aliphatic heterocycles. The molecule has 1 unspecified atom stereocenters. The first kappa shape index (κ1) is 15.8. The topological polar surface area (TPSA) is 63.1 Å². The molecule has 0 bridgehead atoms. The molecule has 1 amide bonds. The van der Waals surface area contributed by atoms with E-state index in [0.29, 0.717) is 18.2 Å². The van der Waals surface area contributed by atoms with Crippen molar-refractivity contribution in [2.24, 2.45) is 11.3 Å². The Morgan fingerprint density at radius 2 is 2.24 bits per heavy atom. The average molecular weight is 291 g/mol. The lowest BCUT2D eigenvalue weighted by Gasteiger charge is -2.36. The van der Waals surface area contributed by atoms with Gasteiger partial charge in [-0.05, 0) is 44.8 Å². The average Bonchev–Trinajstić information content (AvgIpc) is 2.50. The molecule has 1 aromatic rings. The minimum Gasteiger partial charge on any atom is -0.324 e. The number of aryl methyl sites for hydroxylation is 1. The van der Waals surface area contributed by atoms with E-state index in [1.807, 2.05) is 20.8 Å². The van der Waals surface area contributed by atoms with Crippen LogP contribution in [-0.4, -0.2) is 23.6 Å². The van der Waals surface area contributed by atoms with Crippen molar-refractivity contribution < 1.29 is 4.79 Å². The Hall–Kier alpha value is -1.62. The summed E-state index contributed by atoms with van der Waals surface area (Å²) in [6, 6.07) is 3.16. The number of anilines is 1. The van der Waals surface area contributed by atoms with Crippen molar-refractivity contribution in [1.29, 1.82) is 0 Å². The molecule has 116 valence electrons. The van der Waals surface area contributed by atoms with Crippen LogP contribution < -0.4 is 16.2 Å². The minimum atomic E-state index is -0.430. The van der Waals surface area contributed by atoms with Gasteiger partial charge in [-0.25, -0.2) is 0 Å². The van der Waals surface area contributed by atoms with Gasteiger partial charge in [-0.15, -0.1) is 0 Å². The van der Waals surface area contributed by atoms with Crippen LogP contribution in [0.2, 0.25) is 0 Å². The van der Waals surface area contributed by atoms with Gasteiger partial charge in [0, 0.05) is 24.2 Å². The summed E-state index contributed by atoms with van der Waals surface area (Å²) >= 11 is 0. The fourth-order valence-corrected chi connectivity index (χ4v) is 2.80. The summed E-state index contributed by atoms with van der Waals surface area (Å²) in [7, 11) is 0. The zero-order chi connectivity index (χ0) is 15.5. The molecule has 5 heteroatoms. The van der Waals surface area contributed by atoms with Gasteiger partial charge < -0.3 is 15.2 Å². The highest BCUT2D eigenvalue weighted by atomic mass is 16.2. The maximum Gasteiger partial charge on any atom is 0.250 e. The Morgan fingerprint density at radius 3 is 2.86 bits per heavy atom. The summed E-state index contributed by atoms with van der Waals surface area (Å²) in [4.78, 5) is 24.2. The molecule has 1 atom stereocenters. The number of carbonyl (C=O) groups excluding carboxylic acids is 1. The minimum absolute atomic E-state index is 0.0116. The van der Waals surface area contributed by atoms with Crippen LogP contribution in [0.1, 0.15) is 33.6 Å². The van der Waals surface area contributed by atoms with Gasteiger partial charge in [-0.1, -0.05) is 13.8 Å². The lowest BCUT2D eigenvalue weighted by atomic mass is 9.74. The van der Waals surface area contributed by atoms with E-state index in [9.17, 15) is 9.59 Å². The highest BCUT2D eigenvalue weighted by Crippen LogP contribution is 2.32. The normalized spacial score (nSPS) is 19.3. The molecule has 2 N–H and O–H groups in total. The van der Waals surface area contributed by atoms with Gasteiger partial charge in [-0.3, -0.25) is 9.59 Å². The third-order valence-electron chi connectivity index (χ3n) is 4.48. The first-order valence-corrected chi connectivity index (χ1v) is 7.68. The monoisotopic (exact) mass is 291 g/mol. The fraction of sp³-hybridized carbons (Fsp3) is 0.625. The Balaban J connectivity index is 2.11. The number of carbonyl (C=O) groups is 1. The Labute approximate surface area is 125 Å². The second-order valence-corrected chi connectivity index (χ2v) is 6.26. The number of rotatable bonds is 4. The lowest BCUT2D eigenvalue weighted by Crippen LogP contribution is -2.44. The summed E-state index contributed by atoms with van der Waals surface area (Å²) < 4.78 is 1.59. The molecule has 21 heavy (non-hydrogen) atoms. The van der Waals surface area contributed by atoms with Gasteiger partial charge in [0.2, 0.25) is 5.91 Å². The summed E-state index contributed by atoms with van der Waals surface area (Å²) in [6.07, 6.45) is 3.89. The quantitative estimate of drug-likeness (QED) is 0.889. The Bertz CT molecular complexity index is 557. The predicted octanol–water partition coefficient (Wildman–Crippen LogP) is 1.83. The summed E-state index contributed by atoms with van der Waals surface area (Å²) in [5.41, 5.74) is 0.199. The van der Waals surface area contributed by atoms with Crippen LogP contribution in [0.15, 0.2) is 23.1 Å². The summed E-state index contributed by atoms with van der Waals surface area (Å²) in [5.74, 6) is 0.348. The van der Waals surface area contributed by atoms with Crippen molar-refractivity contribution >= 4 is 11.6 Å². The van der Waals surface area contributed by atoms with Crippen molar-refractivity contribution in [3.05, 3.63) is 28.7 Å². The number of hydrogen-bond acceptors (Lipinski definition) is 3. The first-order chi connectivity index (χ1) is 9.95. The first-order valence-electron chi connectivity index (χ1n) is 7.68. The zero-order valence-electron chi connectivity index (χ0n) is 13.1. The van der Waals surface area contributed by atoms with Gasteiger partial charge >= 0.3 is 0 Å². The molecule has 0 saturated carbocycles. The number of nitrogens with one attached hydrogen (secondary N) is 2. The van der Waals surface area contributed by atoms with Gasteiger partial charge in [0.05, 0.1) is 5.69 Å². The standard InChI is InChI=1S/C16H25N3O2/c1-4-19-11-13(7-8-14(19)20)18-15(21)16(2,3)12-6-5-9-17-10-12/h7-8,11-12,17H,4-6,9-10H2,1-3H3,(H,18,21). The largest absolute Gasteiger partial charge is 0.324 e. The highest BCUT2D eigenvalue weighted by molar-refractivity contribution is 5.94. The van der Waals surface area contributed by atoms with Crippen LogP contribution in [-0.2, 0) is 11.3 Å². The van der Waals surface area contributed by atoms with E-state index >= 15 is 0 Å². The van der Waals surface area contributed by atoms with E-state index in [1.54, 1.807) is 16.8 Å².